The van der Waals surface area contributed by atoms with Crippen LogP contribution in [0, 0.1) is 0 Å². The van der Waals surface area contributed by atoms with E-state index in [2.05, 4.69) is 311 Å². The van der Waals surface area contributed by atoms with Gasteiger partial charge in [0, 0.05) is 50.5 Å². The van der Waals surface area contributed by atoms with Crippen molar-refractivity contribution in [3.8, 4) is 22.3 Å². The van der Waals surface area contributed by atoms with Crippen LogP contribution in [0.25, 0.3) is 65.7 Å². The van der Waals surface area contributed by atoms with E-state index in [9.17, 15) is 0 Å². The van der Waals surface area contributed by atoms with E-state index in [1.165, 1.54) is 88.3 Å². The number of furan rings is 1. The molecule has 0 saturated heterocycles. The zero-order chi connectivity index (χ0) is 56.8. The molecule has 2 aliphatic carbocycles. The SMILES string of the molecule is CC(C)(C)c1ccc(N(c2ccc(C(C)(C)C)cc2)c2ccc3cc4c(cc3c2)C2(c3ccccc3-c3ccccc32)c2c-4c3oc4ccccc4c3c3cc(N(c4ccc(C(C)(C)C)cc4)c4ccc(C(C)(C)C)cc4)ccc23)cc1. The van der Waals surface area contributed by atoms with Crippen molar-refractivity contribution in [2.75, 3.05) is 9.80 Å². The van der Waals surface area contributed by atoms with Crippen LogP contribution in [0.1, 0.15) is 128 Å². The highest BCUT2D eigenvalue weighted by molar-refractivity contribution is 6.27. The summed E-state index contributed by atoms with van der Waals surface area (Å²) in [5.74, 6) is 0. The first-order valence-corrected chi connectivity index (χ1v) is 29.4. The first-order valence-electron chi connectivity index (χ1n) is 29.4. The van der Waals surface area contributed by atoms with Gasteiger partial charge < -0.3 is 14.2 Å². The highest BCUT2D eigenvalue weighted by Crippen LogP contribution is 2.66. The molecular weight excluding hydrogens is 993 g/mol. The Labute approximate surface area is 484 Å². The number of anilines is 6. The van der Waals surface area contributed by atoms with Crippen LogP contribution in [0.15, 0.2) is 223 Å². The summed E-state index contributed by atoms with van der Waals surface area (Å²) in [7, 11) is 0. The number of para-hydroxylation sites is 1. The maximum Gasteiger partial charge on any atom is 0.144 e. The normalized spacial score (nSPS) is 13.7. The Morgan fingerprint density at radius 1 is 0.317 bits per heavy atom. The molecule has 1 heterocycles. The molecule has 0 unspecified atom stereocenters. The summed E-state index contributed by atoms with van der Waals surface area (Å²) >= 11 is 0. The largest absolute Gasteiger partial charge is 0.455 e. The van der Waals surface area contributed by atoms with Crippen LogP contribution in [-0.2, 0) is 27.1 Å². The Hall–Kier alpha value is -8.66. The van der Waals surface area contributed by atoms with E-state index in [0.717, 1.165) is 56.1 Å². The van der Waals surface area contributed by atoms with Gasteiger partial charge in [0.05, 0.1) is 5.41 Å². The highest BCUT2D eigenvalue weighted by atomic mass is 16.3. The monoisotopic (exact) mass is 1060 g/mol. The molecule has 3 nitrogen and oxygen atoms in total. The Balaban J connectivity index is 1.05. The van der Waals surface area contributed by atoms with E-state index in [4.69, 9.17) is 4.42 Å². The summed E-state index contributed by atoms with van der Waals surface area (Å²) < 4.78 is 7.40. The first-order chi connectivity index (χ1) is 39.2. The third kappa shape index (κ3) is 7.98. The molecule has 0 fully saturated rings. The van der Waals surface area contributed by atoms with Crippen molar-refractivity contribution in [1.82, 2.24) is 0 Å². The summed E-state index contributed by atoms with van der Waals surface area (Å²) in [6.07, 6.45) is 0. The molecule has 0 aliphatic heterocycles. The number of hydrogen-bond donors (Lipinski definition) is 0. The average Bonchev–Trinajstić information content (AvgIpc) is 2.25. The second kappa shape index (κ2) is 18.2. The second-order valence-corrected chi connectivity index (χ2v) is 27.4. The van der Waals surface area contributed by atoms with Gasteiger partial charge >= 0.3 is 0 Å². The predicted molar refractivity (Wildman–Crippen MR) is 349 cm³/mol. The van der Waals surface area contributed by atoms with Gasteiger partial charge in [-0.05, 0) is 195 Å². The maximum absolute atomic E-state index is 7.40. The van der Waals surface area contributed by atoms with Gasteiger partial charge in [0.2, 0.25) is 0 Å². The van der Waals surface area contributed by atoms with Gasteiger partial charge in [-0.2, -0.15) is 0 Å². The lowest BCUT2D eigenvalue weighted by Crippen LogP contribution is -2.26. The molecule has 1 aromatic heterocycles. The molecule has 0 saturated carbocycles. The fourth-order valence-corrected chi connectivity index (χ4v) is 13.7. The van der Waals surface area contributed by atoms with Crippen molar-refractivity contribution in [2.45, 2.75) is 110 Å². The van der Waals surface area contributed by atoms with Gasteiger partial charge in [0.1, 0.15) is 11.2 Å². The zero-order valence-corrected chi connectivity index (χ0v) is 49.6. The van der Waals surface area contributed by atoms with Crippen molar-refractivity contribution >= 4 is 77.6 Å². The van der Waals surface area contributed by atoms with Crippen molar-refractivity contribution < 1.29 is 4.42 Å². The van der Waals surface area contributed by atoms with E-state index in [1.54, 1.807) is 0 Å². The lowest BCUT2D eigenvalue weighted by Gasteiger charge is -2.32. The van der Waals surface area contributed by atoms with Crippen molar-refractivity contribution in [2.24, 2.45) is 0 Å². The van der Waals surface area contributed by atoms with Crippen LogP contribution in [0.3, 0.4) is 0 Å². The summed E-state index contributed by atoms with van der Waals surface area (Å²) in [4.78, 5) is 4.87. The Bertz CT molecular complexity index is 4350. The van der Waals surface area contributed by atoms with Gasteiger partial charge in [-0.3, -0.25) is 0 Å². The predicted octanol–water partition coefficient (Wildman–Crippen LogP) is 22.4. The molecule has 0 N–H and O–H groups in total. The topological polar surface area (TPSA) is 19.6 Å². The summed E-state index contributed by atoms with van der Waals surface area (Å²) in [5, 5.41) is 7.02. The number of benzene rings is 11. The molecule has 2 aliphatic rings. The fourth-order valence-electron chi connectivity index (χ4n) is 13.7. The average molecular weight is 1070 g/mol. The van der Waals surface area contributed by atoms with Crippen molar-refractivity contribution in [1.29, 1.82) is 0 Å². The van der Waals surface area contributed by atoms with Crippen molar-refractivity contribution in [3.63, 3.8) is 0 Å². The summed E-state index contributed by atoms with van der Waals surface area (Å²) in [5.41, 5.74) is 23.2. The lowest BCUT2D eigenvalue weighted by molar-refractivity contribution is 0.590. The number of nitrogens with zero attached hydrogens (tertiary/aromatic N) is 2. The molecule has 404 valence electrons. The maximum atomic E-state index is 7.40. The van der Waals surface area contributed by atoms with Crippen LogP contribution in [0.2, 0.25) is 0 Å². The van der Waals surface area contributed by atoms with E-state index in [-0.39, 0.29) is 21.7 Å². The molecule has 0 atom stereocenters. The van der Waals surface area contributed by atoms with Gasteiger partial charge in [-0.25, -0.2) is 0 Å². The first kappa shape index (κ1) is 51.5. The third-order valence-electron chi connectivity index (χ3n) is 18.1. The second-order valence-electron chi connectivity index (χ2n) is 27.4. The third-order valence-corrected chi connectivity index (χ3v) is 18.1. The molecule has 0 bridgehead atoms. The Morgan fingerprint density at radius 3 is 1.21 bits per heavy atom. The van der Waals surface area contributed by atoms with E-state index in [1.807, 2.05) is 0 Å². The minimum absolute atomic E-state index is 0.0202. The van der Waals surface area contributed by atoms with E-state index >= 15 is 0 Å². The molecule has 0 radical (unpaired) electrons. The van der Waals surface area contributed by atoms with Gasteiger partial charge in [-0.1, -0.05) is 210 Å². The van der Waals surface area contributed by atoms with Gasteiger partial charge in [-0.15, -0.1) is 0 Å². The summed E-state index contributed by atoms with van der Waals surface area (Å²) in [6.45, 7) is 27.4. The van der Waals surface area contributed by atoms with Crippen LogP contribution in [-0.4, -0.2) is 0 Å². The van der Waals surface area contributed by atoms with Crippen molar-refractivity contribution in [3.05, 3.63) is 263 Å². The van der Waals surface area contributed by atoms with Crippen LogP contribution < -0.4 is 9.80 Å². The fraction of sp³-hybridized carbons (Fsp3) is 0.215. The lowest BCUT2D eigenvalue weighted by atomic mass is 9.69. The van der Waals surface area contributed by atoms with E-state index in [0.29, 0.717) is 0 Å². The minimum atomic E-state index is -0.675. The number of rotatable bonds is 6. The number of fused-ring (bicyclic) bond motifs is 18. The molecular formula is C79H72N2O. The Kier molecular flexibility index (Phi) is 11.4. The molecule has 1 spiro atoms. The molecule has 82 heavy (non-hydrogen) atoms. The quantitative estimate of drug-likeness (QED) is 0.165. The molecule has 12 aromatic rings. The van der Waals surface area contributed by atoms with Gasteiger partial charge in [0.15, 0.2) is 0 Å². The molecule has 0 amide bonds. The van der Waals surface area contributed by atoms with E-state index < -0.39 is 5.41 Å². The molecule has 3 heteroatoms. The Morgan fingerprint density at radius 2 is 0.732 bits per heavy atom. The molecule has 14 rings (SSSR count). The number of hydrogen-bond acceptors (Lipinski definition) is 3. The summed E-state index contributed by atoms with van der Waals surface area (Å²) in [6, 6.07) is 83.1. The smallest absolute Gasteiger partial charge is 0.144 e. The van der Waals surface area contributed by atoms with Crippen LogP contribution in [0.5, 0.6) is 0 Å². The zero-order valence-electron chi connectivity index (χ0n) is 49.6. The van der Waals surface area contributed by atoms with Crippen LogP contribution in [0.4, 0.5) is 34.1 Å². The minimum Gasteiger partial charge on any atom is -0.455 e. The highest BCUT2D eigenvalue weighted by Gasteiger charge is 2.54. The van der Waals surface area contributed by atoms with Gasteiger partial charge in [0.25, 0.3) is 0 Å². The van der Waals surface area contributed by atoms with Crippen LogP contribution >= 0.6 is 0 Å². The molecule has 11 aromatic carbocycles. The standard InChI is InChI=1S/C79H72N2O/c1-75(2,3)51-26-35-55(36-27-51)80(56-37-28-52(29-38-56)76(4,5)6)59-34-25-49-46-66-69(47-50(49)45-59)79(67-22-16-13-19-61(67)62-20-14-17-23-68(62)79)73-63-44-43-60(48-65(63)71-64-21-15-18-24-70(64)82-74(71)72(66)73)81(57-39-30-53(31-40-57)77(7,8)9)58-41-32-54(33-42-58)78(10,11)12/h13-48H,1-12H3.